The molecule has 0 N–H and O–H groups in total. The van der Waals surface area contributed by atoms with Gasteiger partial charge in [-0.05, 0) is 5.56 Å². The molecule has 0 spiro atoms. The molecule has 1 fully saturated rings. The minimum atomic E-state index is -0.550. The third kappa shape index (κ3) is 0.991. The van der Waals surface area contributed by atoms with Gasteiger partial charge in [-0.2, -0.15) is 0 Å². The van der Waals surface area contributed by atoms with E-state index in [1.54, 1.807) is 0 Å². The van der Waals surface area contributed by atoms with Gasteiger partial charge in [0.05, 0.1) is 5.25 Å². The Morgan fingerprint density at radius 3 is 2.40 bits per heavy atom. The fourth-order valence-electron chi connectivity index (χ4n) is 1.03. The smallest absolute Gasteiger partial charge is 0.0713 e. The van der Waals surface area contributed by atoms with E-state index in [1.165, 1.54) is 5.56 Å². The van der Waals surface area contributed by atoms with Crippen LogP contribution in [0, 0.1) is 0 Å². The van der Waals surface area contributed by atoms with Crippen LogP contribution in [-0.2, 0) is 10.8 Å². The first-order valence-corrected chi connectivity index (χ1v) is 4.68. The first-order valence-electron chi connectivity index (χ1n) is 3.30. The lowest BCUT2D eigenvalue weighted by Crippen LogP contribution is -1.76. The van der Waals surface area contributed by atoms with Crippen LogP contribution in [0.2, 0.25) is 0 Å². The van der Waals surface area contributed by atoms with Gasteiger partial charge >= 0.3 is 0 Å². The topological polar surface area (TPSA) is 17.1 Å². The second-order valence-corrected chi connectivity index (χ2v) is 4.11. The van der Waals surface area contributed by atoms with Crippen LogP contribution in [0.15, 0.2) is 30.3 Å². The number of benzene rings is 1. The molecule has 52 valence electrons. The molecule has 0 aromatic heterocycles. The molecule has 1 aromatic carbocycles. The fraction of sp³-hybridized carbons (Fsp3) is 0.250. The zero-order valence-corrected chi connectivity index (χ0v) is 6.30. The van der Waals surface area contributed by atoms with E-state index in [9.17, 15) is 4.21 Å². The highest BCUT2D eigenvalue weighted by Crippen LogP contribution is 2.33. The molecular formula is C8H8OS. The molecule has 1 aliphatic rings. The minimum Gasteiger partial charge on any atom is -0.259 e. The lowest BCUT2D eigenvalue weighted by molar-refractivity contribution is 0.693. The van der Waals surface area contributed by atoms with Gasteiger partial charge in [0.1, 0.15) is 0 Å². The van der Waals surface area contributed by atoms with Gasteiger partial charge in [0.15, 0.2) is 0 Å². The van der Waals surface area contributed by atoms with Crippen molar-refractivity contribution in [1.29, 1.82) is 0 Å². The van der Waals surface area contributed by atoms with E-state index in [0.717, 1.165) is 5.75 Å². The van der Waals surface area contributed by atoms with Gasteiger partial charge in [0, 0.05) is 16.6 Å². The molecule has 10 heavy (non-hydrogen) atoms. The zero-order chi connectivity index (χ0) is 6.97. The summed E-state index contributed by atoms with van der Waals surface area (Å²) in [6, 6.07) is 10.0. The number of rotatable bonds is 1. The zero-order valence-electron chi connectivity index (χ0n) is 5.49. The molecule has 1 heterocycles. The van der Waals surface area contributed by atoms with Crippen molar-refractivity contribution in [1.82, 2.24) is 0 Å². The molecule has 1 aliphatic heterocycles. The van der Waals surface area contributed by atoms with Crippen LogP contribution >= 0.6 is 0 Å². The SMILES string of the molecule is O=S1C[C@H]1c1ccccc1. The van der Waals surface area contributed by atoms with Crippen LogP contribution in [0.25, 0.3) is 0 Å². The highest BCUT2D eigenvalue weighted by atomic mass is 32.2. The van der Waals surface area contributed by atoms with Gasteiger partial charge in [-0.25, -0.2) is 0 Å². The summed E-state index contributed by atoms with van der Waals surface area (Å²) in [4.78, 5) is 0. The molecule has 2 rings (SSSR count). The monoisotopic (exact) mass is 152 g/mol. The molecule has 0 saturated carbocycles. The van der Waals surface area contributed by atoms with E-state index < -0.39 is 10.8 Å². The summed E-state index contributed by atoms with van der Waals surface area (Å²) in [5.41, 5.74) is 1.22. The lowest BCUT2D eigenvalue weighted by atomic mass is 10.2. The first kappa shape index (κ1) is 6.10. The van der Waals surface area contributed by atoms with E-state index in [4.69, 9.17) is 0 Å². The Hall–Kier alpha value is -0.630. The van der Waals surface area contributed by atoms with Crippen LogP contribution in [-0.4, -0.2) is 9.96 Å². The predicted molar refractivity (Wildman–Crippen MR) is 42.2 cm³/mol. The lowest BCUT2D eigenvalue weighted by Gasteiger charge is -1.90. The largest absolute Gasteiger partial charge is 0.259 e. The molecular weight excluding hydrogens is 144 g/mol. The van der Waals surface area contributed by atoms with Crippen molar-refractivity contribution in [2.24, 2.45) is 0 Å². The Labute approximate surface area is 62.5 Å². The van der Waals surface area contributed by atoms with Crippen LogP contribution in [0.4, 0.5) is 0 Å². The summed E-state index contributed by atoms with van der Waals surface area (Å²) in [5, 5.41) is 0.348. The van der Waals surface area contributed by atoms with Gasteiger partial charge in [0.25, 0.3) is 0 Å². The van der Waals surface area contributed by atoms with E-state index in [1.807, 2.05) is 30.3 Å². The fourth-order valence-corrected chi connectivity index (χ4v) is 2.07. The summed E-state index contributed by atoms with van der Waals surface area (Å²) in [6.45, 7) is 0. The predicted octanol–water partition coefficient (Wildman–Crippen LogP) is 1.49. The van der Waals surface area contributed by atoms with Gasteiger partial charge in [-0.1, -0.05) is 30.3 Å². The number of hydrogen-bond donors (Lipinski definition) is 0. The highest BCUT2D eigenvalue weighted by molar-refractivity contribution is 7.92. The van der Waals surface area contributed by atoms with Crippen molar-refractivity contribution in [3.8, 4) is 0 Å². The van der Waals surface area contributed by atoms with Crippen molar-refractivity contribution in [2.45, 2.75) is 5.25 Å². The van der Waals surface area contributed by atoms with Crippen molar-refractivity contribution < 1.29 is 4.21 Å². The molecule has 0 bridgehead atoms. The van der Waals surface area contributed by atoms with Gasteiger partial charge in [-0.3, -0.25) is 4.21 Å². The summed E-state index contributed by atoms with van der Waals surface area (Å²) < 4.78 is 10.8. The minimum absolute atomic E-state index is 0.348. The standard InChI is InChI=1S/C8H8OS/c9-10-6-8(10)7-4-2-1-3-5-7/h1-5,8H,6H2/t8-,10?/m0/s1. The van der Waals surface area contributed by atoms with Crippen LogP contribution < -0.4 is 0 Å². The maximum atomic E-state index is 10.8. The van der Waals surface area contributed by atoms with E-state index >= 15 is 0 Å². The maximum Gasteiger partial charge on any atom is 0.0713 e. The number of hydrogen-bond acceptors (Lipinski definition) is 1. The molecule has 0 amide bonds. The molecule has 1 nitrogen and oxygen atoms in total. The van der Waals surface area contributed by atoms with Gasteiger partial charge in [0.2, 0.25) is 0 Å². The molecule has 2 atom stereocenters. The van der Waals surface area contributed by atoms with Crippen molar-refractivity contribution in [3.05, 3.63) is 35.9 Å². The normalized spacial score (nSPS) is 30.0. The highest BCUT2D eigenvalue weighted by Gasteiger charge is 2.33. The Morgan fingerprint density at radius 2 is 1.90 bits per heavy atom. The summed E-state index contributed by atoms with van der Waals surface area (Å²) in [5.74, 6) is 0.865. The van der Waals surface area contributed by atoms with Crippen LogP contribution in [0.3, 0.4) is 0 Å². The Kier molecular flexibility index (Phi) is 1.34. The second kappa shape index (κ2) is 2.20. The van der Waals surface area contributed by atoms with Crippen LogP contribution in [0.5, 0.6) is 0 Å². The average molecular weight is 152 g/mol. The molecule has 2 heteroatoms. The Bertz CT molecular complexity index is 255. The Balaban J connectivity index is 2.28. The summed E-state index contributed by atoms with van der Waals surface area (Å²) in [6.07, 6.45) is 0. The third-order valence-electron chi connectivity index (χ3n) is 1.69. The van der Waals surface area contributed by atoms with Gasteiger partial charge < -0.3 is 0 Å². The van der Waals surface area contributed by atoms with E-state index in [-0.39, 0.29) is 0 Å². The van der Waals surface area contributed by atoms with Crippen LogP contribution in [0.1, 0.15) is 10.8 Å². The Morgan fingerprint density at radius 1 is 1.30 bits per heavy atom. The van der Waals surface area contributed by atoms with E-state index in [0.29, 0.717) is 5.25 Å². The summed E-state index contributed by atoms with van der Waals surface area (Å²) in [7, 11) is -0.550. The maximum absolute atomic E-state index is 10.8. The third-order valence-corrected chi connectivity index (χ3v) is 3.00. The molecule has 1 unspecified atom stereocenters. The first-order chi connectivity index (χ1) is 4.88. The quantitative estimate of drug-likeness (QED) is 0.557. The van der Waals surface area contributed by atoms with E-state index in [2.05, 4.69) is 0 Å². The summed E-state index contributed by atoms with van der Waals surface area (Å²) >= 11 is 0. The molecule has 1 aromatic rings. The van der Waals surface area contributed by atoms with Crippen molar-refractivity contribution >= 4 is 10.8 Å². The van der Waals surface area contributed by atoms with Gasteiger partial charge in [-0.15, -0.1) is 0 Å². The second-order valence-electron chi connectivity index (χ2n) is 2.45. The molecule has 0 radical (unpaired) electrons. The molecule has 1 saturated heterocycles. The molecule has 0 aliphatic carbocycles. The average Bonchev–Trinajstić information content (AvgIpc) is 2.69. The van der Waals surface area contributed by atoms with Crippen molar-refractivity contribution in [2.75, 3.05) is 5.75 Å². The van der Waals surface area contributed by atoms with Crippen molar-refractivity contribution in [3.63, 3.8) is 0 Å².